The molecule has 19 heavy (non-hydrogen) atoms. The summed E-state index contributed by atoms with van der Waals surface area (Å²) in [7, 11) is 0. The Bertz CT molecular complexity index is 248. The van der Waals surface area contributed by atoms with E-state index in [1.165, 1.54) is 64.6 Å². The predicted octanol–water partition coefficient (Wildman–Crippen LogP) is 3.67. The van der Waals surface area contributed by atoms with Gasteiger partial charge in [0.05, 0.1) is 0 Å². The van der Waals surface area contributed by atoms with Crippen LogP contribution in [0.1, 0.15) is 65.7 Å². The first-order chi connectivity index (χ1) is 9.24. The Labute approximate surface area is 120 Å². The van der Waals surface area contributed by atoms with Gasteiger partial charge >= 0.3 is 0 Å². The Morgan fingerprint density at radius 2 is 1.84 bits per heavy atom. The van der Waals surface area contributed by atoms with Gasteiger partial charge in [-0.3, -0.25) is 0 Å². The molecule has 0 amide bonds. The van der Waals surface area contributed by atoms with Gasteiger partial charge in [-0.25, -0.2) is 0 Å². The second-order valence-corrected chi connectivity index (χ2v) is 6.97. The van der Waals surface area contributed by atoms with Crippen molar-refractivity contribution in [1.29, 1.82) is 0 Å². The summed E-state index contributed by atoms with van der Waals surface area (Å²) in [6.45, 7) is 10.9. The molecule has 2 nitrogen and oxygen atoms in total. The highest BCUT2D eigenvalue weighted by Gasteiger charge is 2.34. The fourth-order valence-electron chi connectivity index (χ4n) is 3.75. The van der Waals surface area contributed by atoms with Crippen LogP contribution in [0.25, 0.3) is 0 Å². The van der Waals surface area contributed by atoms with Crippen LogP contribution in [0.4, 0.5) is 0 Å². The van der Waals surface area contributed by atoms with Gasteiger partial charge in [0.25, 0.3) is 0 Å². The molecule has 2 rings (SSSR count). The first kappa shape index (κ1) is 15.3. The van der Waals surface area contributed by atoms with E-state index in [-0.39, 0.29) is 0 Å². The quantitative estimate of drug-likeness (QED) is 0.721. The lowest BCUT2D eigenvalue weighted by molar-refractivity contribution is 0.139. The maximum Gasteiger partial charge on any atom is 0.0108 e. The Hall–Kier alpha value is -0.0800. The molecule has 0 saturated heterocycles. The molecular weight excluding hydrogens is 232 g/mol. The second-order valence-electron chi connectivity index (χ2n) is 6.97. The van der Waals surface area contributed by atoms with Crippen LogP contribution < -0.4 is 5.32 Å². The zero-order valence-corrected chi connectivity index (χ0v) is 13.3. The molecule has 2 aliphatic carbocycles. The topological polar surface area (TPSA) is 15.3 Å². The van der Waals surface area contributed by atoms with Crippen LogP contribution in [-0.4, -0.2) is 36.6 Å². The largest absolute Gasteiger partial charge is 0.314 e. The summed E-state index contributed by atoms with van der Waals surface area (Å²) in [4.78, 5) is 2.79. The van der Waals surface area contributed by atoms with E-state index in [1.807, 2.05) is 0 Å². The Morgan fingerprint density at radius 3 is 2.47 bits per heavy atom. The fraction of sp³-hybridized carbons (Fsp3) is 1.00. The van der Waals surface area contributed by atoms with Gasteiger partial charge in [-0.05, 0) is 69.9 Å². The summed E-state index contributed by atoms with van der Waals surface area (Å²) in [5, 5.41) is 3.82. The molecule has 3 atom stereocenters. The fourth-order valence-corrected chi connectivity index (χ4v) is 3.75. The van der Waals surface area contributed by atoms with Crippen molar-refractivity contribution in [2.24, 2.45) is 11.8 Å². The average molecular weight is 266 g/mol. The van der Waals surface area contributed by atoms with Crippen molar-refractivity contribution in [1.82, 2.24) is 10.2 Å². The highest BCUT2D eigenvalue weighted by atomic mass is 15.2. The lowest BCUT2D eigenvalue weighted by Gasteiger charge is -2.38. The summed E-state index contributed by atoms with van der Waals surface area (Å²) >= 11 is 0. The minimum Gasteiger partial charge on any atom is -0.314 e. The minimum atomic E-state index is 0.786. The smallest absolute Gasteiger partial charge is 0.0108 e. The summed E-state index contributed by atoms with van der Waals surface area (Å²) in [6, 6.07) is 1.72. The molecule has 0 aromatic carbocycles. The summed E-state index contributed by atoms with van der Waals surface area (Å²) in [5.41, 5.74) is 0. The van der Waals surface area contributed by atoms with Crippen LogP contribution in [0.5, 0.6) is 0 Å². The first-order valence-electron chi connectivity index (χ1n) is 8.72. The molecule has 2 saturated carbocycles. The van der Waals surface area contributed by atoms with Gasteiger partial charge in [-0.15, -0.1) is 0 Å². The SMILES string of the molecule is CCCNC1CCC(C)CC1CN(CCC)C1CC1. The van der Waals surface area contributed by atoms with Crippen molar-refractivity contribution in [2.75, 3.05) is 19.6 Å². The van der Waals surface area contributed by atoms with Gasteiger partial charge in [-0.2, -0.15) is 0 Å². The van der Waals surface area contributed by atoms with Crippen molar-refractivity contribution in [3.05, 3.63) is 0 Å². The molecule has 0 aromatic heterocycles. The molecule has 2 aliphatic rings. The molecule has 2 fully saturated rings. The highest BCUT2D eigenvalue weighted by molar-refractivity contribution is 4.90. The lowest BCUT2D eigenvalue weighted by atomic mass is 9.78. The minimum absolute atomic E-state index is 0.786. The van der Waals surface area contributed by atoms with Gasteiger partial charge in [0.15, 0.2) is 0 Å². The number of rotatable bonds is 8. The predicted molar refractivity (Wildman–Crippen MR) is 83.5 cm³/mol. The van der Waals surface area contributed by atoms with Gasteiger partial charge in [-0.1, -0.05) is 20.8 Å². The van der Waals surface area contributed by atoms with Crippen molar-refractivity contribution in [2.45, 2.75) is 77.8 Å². The summed E-state index contributed by atoms with van der Waals surface area (Å²) in [5.74, 6) is 1.83. The first-order valence-corrected chi connectivity index (χ1v) is 8.72. The molecular formula is C17H34N2. The van der Waals surface area contributed by atoms with Crippen LogP contribution in [0, 0.1) is 11.8 Å². The van der Waals surface area contributed by atoms with Crippen molar-refractivity contribution in [3.8, 4) is 0 Å². The molecule has 0 aromatic rings. The Kier molecular flexibility index (Phi) is 6.15. The zero-order valence-electron chi connectivity index (χ0n) is 13.3. The van der Waals surface area contributed by atoms with Crippen LogP contribution in [0.2, 0.25) is 0 Å². The van der Waals surface area contributed by atoms with Crippen LogP contribution >= 0.6 is 0 Å². The number of hydrogen-bond donors (Lipinski definition) is 1. The van der Waals surface area contributed by atoms with E-state index in [2.05, 4.69) is 31.0 Å². The number of nitrogens with one attached hydrogen (secondary N) is 1. The van der Waals surface area contributed by atoms with Crippen molar-refractivity contribution in [3.63, 3.8) is 0 Å². The number of nitrogens with zero attached hydrogens (tertiary/aromatic N) is 1. The third-order valence-electron chi connectivity index (χ3n) is 4.94. The molecule has 0 heterocycles. The number of hydrogen-bond acceptors (Lipinski definition) is 2. The van der Waals surface area contributed by atoms with Gasteiger partial charge in [0.2, 0.25) is 0 Å². The normalized spacial score (nSPS) is 31.9. The standard InChI is InChI=1S/C17H34N2/c1-4-10-18-17-9-6-14(3)12-15(17)13-19(11-5-2)16-7-8-16/h14-18H,4-13H2,1-3H3. The Morgan fingerprint density at radius 1 is 1.05 bits per heavy atom. The van der Waals surface area contributed by atoms with Gasteiger partial charge in [0.1, 0.15) is 0 Å². The molecule has 0 spiro atoms. The molecule has 2 heteroatoms. The zero-order chi connectivity index (χ0) is 13.7. The van der Waals surface area contributed by atoms with E-state index in [0.29, 0.717) is 0 Å². The van der Waals surface area contributed by atoms with E-state index in [4.69, 9.17) is 0 Å². The molecule has 112 valence electrons. The highest BCUT2D eigenvalue weighted by Crippen LogP contribution is 2.33. The van der Waals surface area contributed by atoms with Crippen molar-refractivity contribution < 1.29 is 0 Å². The molecule has 0 aliphatic heterocycles. The Balaban J connectivity index is 1.87. The van der Waals surface area contributed by atoms with Crippen LogP contribution in [0.3, 0.4) is 0 Å². The summed E-state index contributed by atoms with van der Waals surface area (Å²) in [6.07, 6.45) is 9.75. The average Bonchev–Trinajstić information content (AvgIpc) is 3.21. The van der Waals surface area contributed by atoms with E-state index >= 15 is 0 Å². The van der Waals surface area contributed by atoms with Crippen LogP contribution in [0.15, 0.2) is 0 Å². The molecule has 1 N–H and O–H groups in total. The monoisotopic (exact) mass is 266 g/mol. The second kappa shape index (κ2) is 7.64. The van der Waals surface area contributed by atoms with E-state index in [0.717, 1.165) is 23.9 Å². The maximum atomic E-state index is 3.82. The van der Waals surface area contributed by atoms with E-state index < -0.39 is 0 Å². The molecule has 3 unspecified atom stereocenters. The van der Waals surface area contributed by atoms with Crippen molar-refractivity contribution >= 4 is 0 Å². The van der Waals surface area contributed by atoms with Gasteiger partial charge in [0, 0.05) is 18.6 Å². The van der Waals surface area contributed by atoms with E-state index in [1.54, 1.807) is 0 Å². The van der Waals surface area contributed by atoms with E-state index in [9.17, 15) is 0 Å². The third kappa shape index (κ3) is 4.75. The van der Waals surface area contributed by atoms with Gasteiger partial charge < -0.3 is 10.2 Å². The maximum absolute atomic E-state index is 3.82. The third-order valence-corrected chi connectivity index (χ3v) is 4.94. The molecule has 0 bridgehead atoms. The molecule has 0 radical (unpaired) electrons. The summed E-state index contributed by atoms with van der Waals surface area (Å²) < 4.78 is 0. The van der Waals surface area contributed by atoms with Crippen LogP contribution in [-0.2, 0) is 0 Å². The lowest BCUT2D eigenvalue weighted by Crippen LogP contribution is -2.46.